The summed E-state index contributed by atoms with van der Waals surface area (Å²) in [5.74, 6) is 0. The van der Waals surface area contributed by atoms with Crippen LogP contribution in [0.3, 0.4) is 0 Å². The third-order valence-electron chi connectivity index (χ3n) is 4.41. The predicted octanol–water partition coefficient (Wildman–Crippen LogP) is 4.90. The summed E-state index contributed by atoms with van der Waals surface area (Å²) < 4.78 is 0. The second kappa shape index (κ2) is 7.09. The fourth-order valence-electron chi connectivity index (χ4n) is 2.67. The molecular weight excluding hydrogens is 230 g/mol. The van der Waals surface area contributed by atoms with Crippen molar-refractivity contribution in [1.29, 1.82) is 0 Å². The van der Waals surface area contributed by atoms with E-state index in [-0.39, 0.29) is 5.41 Å². The fraction of sp³-hybridized carbons (Fsp3) is 0.667. The van der Waals surface area contributed by atoms with Gasteiger partial charge in [0.1, 0.15) is 0 Å². The van der Waals surface area contributed by atoms with Crippen LogP contribution in [-0.2, 0) is 12.8 Å². The second-order valence-corrected chi connectivity index (χ2v) is 6.07. The van der Waals surface area contributed by atoms with Crippen molar-refractivity contribution in [2.24, 2.45) is 5.41 Å². The molecule has 0 aliphatic carbocycles. The van der Waals surface area contributed by atoms with E-state index < -0.39 is 0 Å². The Morgan fingerprint density at radius 1 is 1.05 bits per heavy atom. The van der Waals surface area contributed by atoms with Crippen LogP contribution in [0, 0.1) is 5.41 Å². The van der Waals surface area contributed by atoms with Crippen molar-refractivity contribution in [3.63, 3.8) is 0 Å². The summed E-state index contributed by atoms with van der Waals surface area (Å²) in [7, 11) is 0. The van der Waals surface area contributed by atoms with Crippen LogP contribution in [0.1, 0.15) is 70.7 Å². The minimum Gasteiger partial charge on any atom is -0.310 e. The maximum Gasteiger partial charge on any atom is 0.0374 e. The molecule has 0 amide bonds. The van der Waals surface area contributed by atoms with Gasteiger partial charge in [-0.05, 0) is 47.9 Å². The molecular formula is C18H31N. The van der Waals surface area contributed by atoms with Crippen LogP contribution in [0.2, 0.25) is 0 Å². The lowest BCUT2D eigenvalue weighted by Crippen LogP contribution is -2.34. The van der Waals surface area contributed by atoms with E-state index in [9.17, 15) is 0 Å². The van der Waals surface area contributed by atoms with Crippen molar-refractivity contribution in [3.8, 4) is 0 Å². The molecule has 1 rings (SSSR count). The Hall–Kier alpha value is -0.820. The summed E-state index contributed by atoms with van der Waals surface area (Å²) in [6.07, 6.45) is 3.41. The Bertz CT molecular complexity index is 393. The molecule has 0 radical (unpaired) electrons. The molecule has 0 aliphatic rings. The van der Waals surface area contributed by atoms with Crippen molar-refractivity contribution in [1.82, 2.24) is 5.32 Å². The van der Waals surface area contributed by atoms with Gasteiger partial charge in [0.2, 0.25) is 0 Å². The fourth-order valence-corrected chi connectivity index (χ4v) is 2.67. The first kappa shape index (κ1) is 16.2. The van der Waals surface area contributed by atoms with Gasteiger partial charge in [-0.3, -0.25) is 0 Å². The van der Waals surface area contributed by atoms with E-state index in [2.05, 4.69) is 65.1 Å². The molecule has 0 spiro atoms. The van der Waals surface area contributed by atoms with Crippen LogP contribution >= 0.6 is 0 Å². The van der Waals surface area contributed by atoms with Crippen molar-refractivity contribution >= 4 is 0 Å². The summed E-state index contributed by atoms with van der Waals surface area (Å²) in [6.45, 7) is 14.8. The minimum atomic E-state index is 0.284. The molecule has 1 aromatic carbocycles. The highest BCUT2D eigenvalue weighted by atomic mass is 14.9. The molecule has 0 saturated heterocycles. The smallest absolute Gasteiger partial charge is 0.0374 e. The summed E-state index contributed by atoms with van der Waals surface area (Å²) >= 11 is 0. The topological polar surface area (TPSA) is 12.0 Å². The van der Waals surface area contributed by atoms with Gasteiger partial charge in [0.15, 0.2) is 0 Å². The Labute approximate surface area is 119 Å². The van der Waals surface area contributed by atoms with Gasteiger partial charge < -0.3 is 5.32 Å². The van der Waals surface area contributed by atoms with Crippen LogP contribution in [0.25, 0.3) is 0 Å². The summed E-state index contributed by atoms with van der Waals surface area (Å²) in [4.78, 5) is 0. The Morgan fingerprint density at radius 2 is 1.74 bits per heavy atom. The Morgan fingerprint density at radius 3 is 2.21 bits per heavy atom. The molecule has 0 aromatic heterocycles. The number of hydrogen-bond acceptors (Lipinski definition) is 1. The molecule has 1 aromatic rings. The number of hydrogen-bond donors (Lipinski definition) is 1. The van der Waals surface area contributed by atoms with E-state index in [4.69, 9.17) is 0 Å². The van der Waals surface area contributed by atoms with Crippen molar-refractivity contribution in [3.05, 3.63) is 34.9 Å². The van der Waals surface area contributed by atoms with E-state index in [1.807, 2.05) is 0 Å². The third-order valence-corrected chi connectivity index (χ3v) is 4.41. The van der Waals surface area contributed by atoms with Crippen LogP contribution in [0.4, 0.5) is 0 Å². The highest BCUT2D eigenvalue weighted by molar-refractivity contribution is 5.35. The van der Waals surface area contributed by atoms with E-state index in [1.165, 1.54) is 23.1 Å². The molecule has 1 atom stereocenters. The van der Waals surface area contributed by atoms with Gasteiger partial charge in [0.25, 0.3) is 0 Å². The molecule has 1 nitrogen and oxygen atoms in total. The highest BCUT2D eigenvalue weighted by Gasteiger charge is 2.29. The molecule has 1 N–H and O–H groups in total. The zero-order valence-electron chi connectivity index (χ0n) is 13.6. The standard InChI is InChI=1S/C18H31N/c1-7-14-11-12-15(8-2)16(13-14)17(19-10-4)18(5,6)9-3/h11-13,17,19H,7-10H2,1-6H3. The second-order valence-electron chi connectivity index (χ2n) is 6.07. The Balaban J connectivity index is 3.27. The molecule has 0 fully saturated rings. The lowest BCUT2D eigenvalue weighted by Gasteiger charge is -2.36. The van der Waals surface area contributed by atoms with Gasteiger partial charge in [0, 0.05) is 6.04 Å². The highest BCUT2D eigenvalue weighted by Crippen LogP contribution is 2.38. The number of aryl methyl sites for hydroxylation is 2. The molecule has 0 heterocycles. The molecule has 0 aliphatic heterocycles. The van der Waals surface area contributed by atoms with E-state index >= 15 is 0 Å². The summed E-state index contributed by atoms with van der Waals surface area (Å²) in [5, 5.41) is 3.72. The molecule has 0 saturated carbocycles. The number of nitrogens with one attached hydrogen (secondary N) is 1. The van der Waals surface area contributed by atoms with Gasteiger partial charge in [-0.1, -0.05) is 59.7 Å². The lowest BCUT2D eigenvalue weighted by atomic mass is 9.76. The van der Waals surface area contributed by atoms with E-state index in [0.29, 0.717) is 6.04 Å². The predicted molar refractivity (Wildman–Crippen MR) is 85.7 cm³/mol. The quantitative estimate of drug-likeness (QED) is 0.736. The molecule has 1 heteroatoms. The third kappa shape index (κ3) is 3.82. The largest absolute Gasteiger partial charge is 0.310 e. The summed E-state index contributed by atoms with van der Waals surface area (Å²) in [5.41, 5.74) is 4.73. The van der Waals surface area contributed by atoms with Crippen molar-refractivity contribution < 1.29 is 0 Å². The minimum absolute atomic E-state index is 0.284. The zero-order chi connectivity index (χ0) is 14.5. The number of benzene rings is 1. The van der Waals surface area contributed by atoms with Crippen molar-refractivity contribution in [2.75, 3.05) is 6.54 Å². The lowest BCUT2D eigenvalue weighted by molar-refractivity contribution is 0.236. The van der Waals surface area contributed by atoms with E-state index in [1.54, 1.807) is 0 Å². The average Bonchev–Trinajstić information content (AvgIpc) is 2.43. The molecule has 108 valence electrons. The monoisotopic (exact) mass is 261 g/mol. The maximum atomic E-state index is 3.72. The van der Waals surface area contributed by atoms with Gasteiger partial charge in [-0.25, -0.2) is 0 Å². The van der Waals surface area contributed by atoms with Crippen LogP contribution in [0.5, 0.6) is 0 Å². The van der Waals surface area contributed by atoms with Crippen molar-refractivity contribution in [2.45, 2.75) is 66.8 Å². The van der Waals surface area contributed by atoms with Gasteiger partial charge in [0.05, 0.1) is 0 Å². The average molecular weight is 261 g/mol. The van der Waals surface area contributed by atoms with Gasteiger partial charge in [-0.15, -0.1) is 0 Å². The Kier molecular flexibility index (Phi) is 6.06. The molecule has 1 unspecified atom stereocenters. The zero-order valence-corrected chi connectivity index (χ0v) is 13.6. The normalized spacial score (nSPS) is 13.6. The first-order chi connectivity index (χ1) is 9.00. The molecule has 19 heavy (non-hydrogen) atoms. The first-order valence-electron chi connectivity index (χ1n) is 7.85. The number of rotatable bonds is 7. The van der Waals surface area contributed by atoms with Gasteiger partial charge in [-0.2, -0.15) is 0 Å². The van der Waals surface area contributed by atoms with Crippen LogP contribution in [0.15, 0.2) is 18.2 Å². The van der Waals surface area contributed by atoms with Gasteiger partial charge >= 0.3 is 0 Å². The van der Waals surface area contributed by atoms with E-state index in [0.717, 1.165) is 19.4 Å². The summed E-state index contributed by atoms with van der Waals surface area (Å²) in [6, 6.07) is 7.47. The maximum absolute atomic E-state index is 3.72. The van der Waals surface area contributed by atoms with Crippen LogP contribution in [-0.4, -0.2) is 6.54 Å². The SMILES string of the molecule is CCNC(c1cc(CC)ccc1CC)C(C)(C)CC. The van der Waals surface area contributed by atoms with Crippen LogP contribution < -0.4 is 5.32 Å². The first-order valence-corrected chi connectivity index (χ1v) is 7.85. The molecule has 0 bridgehead atoms.